The summed E-state index contributed by atoms with van der Waals surface area (Å²) in [6.07, 6.45) is 1.68. The zero-order valence-electron chi connectivity index (χ0n) is 13.7. The highest BCUT2D eigenvalue weighted by Gasteiger charge is 2.17. The normalized spacial score (nSPS) is 11.3. The number of nitrogens with zero attached hydrogens (tertiary/aromatic N) is 3. The molecule has 4 aromatic rings. The summed E-state index contributed by atoms with van der Waals surface area (Å²) in [5.74, 6) is 2.12. The fourth-order valence-electron chi connectivity index (χ4n) is 3.13. The van der Waals surface area contributed by atoms with E-state index in [1.807, 2.05) is 32.9 Å². The standard InChI is InChI=1S/C18H17N5O/c1-9-16(10(2)24-23-9)12-7-14(13-5-4-6-20-18(13)19)17-15(8-12)21-11(3)22-17/h4-8H,1-3H3,(H2,19,20)(H,21,22). The van der Waals surface area contributed by atoms with Crippen LogP contribution in [0, 0.1) is 20.8 Å². The summed E-state index contributed by atoms with van der Waals surface area (Å²) in [5.41, 5.74) is 12.6. The number of nitrogens with one attached hydrogen (secondary N) is 1. The minimum absolute atomic E-state index is 0.482. The molecule has 0 fully saturated rings. The molecule has 0 saturated carbocycles. The van der Waals surface area contributed by atoms with Crippen molar-refractivity contribution in [1.82, 2.24) is 20.1 Å². The highest BCUT2D eigenvalue weighted by molar-refractivity contribution is 5.98. The number of H-pyrrole nitrogens is 1. The molecule has 3 heterocycles. The lowest BCUT2D eigenvalue weighted by atomic mass is 9.97. The number of aryl methyl sites for hydroxylation is 3. The Balaban J connectivity index is 2.07. The van der Waals surface area contributed by atoms with Crippen molar-refractivity contribution in [2.24, 2.45) is 0 Å². The predicted molar refractivity (Wildman–Crippen MR) is 93.4 cm³/mol. The number of anilines is 1. The van der Waals surface area contributed by atoms with Crippen molar-refractivity contribution in [3.05, 3.63) is 47.7 Å². The summed E-state index contributed by atoms with van der Waals surface area (Å²) >= 11 is 0. The summed E-state index contributed by atoms with van der Waals surface area (Å²) in [5, 5.41) is 4.06. The molecule has 0 unspecified atom stereocenters. The van der Waals surface area contributed by atoms with Gasteiger partial charge in [0.2, 0.25) is 0 Å². The number of aromatic nitrogens is 4. The van der Waals surface area contributed by atoms with Crippen LogP contribution in [0.4, 0.5) is 5.82 Å². The van der Waals surface area contributed by atoms with Gasteiger partial charge in [0.15, 0.2) is 0 Å². The Morgan fingerprint density at radius 3 is 2.67 bits per heavy atom. The molecule has 3 N–H and O–H groups in total. The summed E-state index contributed by atoms with van der Waals surface area (Å²) in [6.45, 7) is 5.79. The van der Waals surface area contributed by atoms with Crippen LogP contribution in [-0.2, 0) is 0 Å². The third kappa shape index (κ3) is 2.15. The van der Waals surface area contributed by atoms with E-state index in [-0.39, 0.29) is 0 Å². The van der Waals surface area contributed by atoms with E-state index in [4.69, 9.17) is 10.3 Å². The fourth-order valence-corrected chi connectivity index (χ4v) is 3.13. The number of pyridine rings is 1. The van der Waals surface area contributed by atoms with Gasteiger partial charge in [0.1, 0.15) is 17.4 Å². The Kier molecular flexibility index (Phi) is 3.13. The van der Waals surface area contributed by atoms with E-state index in [9.17, 15) is 0 Å². The van der Waals surface area contributed by atoms with Crippen LogP contribution in [0.25, 0.3) is 33.3 Å². The Morgan fingerprint density at radius 1 is 1.12 bits per heavy atom. The lowest BCUT2D eigenvalue weighted by molar-refractivity contribution is 0.393. The van der Waals surface area contributed by atoms with Gasteiger partial charge in [-0.05, 0) is 50.6 Å². The first-order chi connectivity index (χ1) is 11.5. The maximum absolute atomic E-state index is 6.10. The van der Waals surface area contributed by atoms with Gasteiger partial charge in [0, 0.05) is 22.9 Å². The predicted octanol–water partition coefficient (Wildman–Crippen LogP) is 3.79. The zero-order chi connectivity index (χ0) is 16.8. The number of hydrogen-bond donors (Lipinski definition) is 2. The molecule has 0 spiro atoms. The molecule has 6 nitrogen and oxygen atoms in total. The molecular weight excluding hydrogens is 302 g/mol. The van der Waals surface area contributed by atoms with Crippen molar-refractivity contribution in [3.63, 3.8) is 0 Å². The molecule has 0 atom stereocenters. The zero-order valence-corrected chi connectivity index (χ0v) is 13.7. The van der Waals surface area contributed by atoms with Crippen molar-refractivity contribution >= 4 is 16.9 Å². The first kappa shape index (κ1) is 14.4. The molecule has 0 aliphatic rings. The van der Waals surface area contributed by atoms with E-state index < -0.39 is 0 Å². The SMILES string of the molecule is Cc1nc2c(-c3cccnc3N)cc(-c3c(C)noc3C)cc2[nH]1. The summed E-state index contributed by atoms with van der Waals surface area (Å²) in [7, 11) is 0. The number of imidazole rings is 1. The van der Waals surface area contributed by atoms with Gasteiger partial charge in [-0.2, -0.15) is 0 Å². The van der Waals surface area contributed by atoms with Crippen molar-refractivity contribution in [2.75, 3.05) is 5.73 Å². The van der Waals surface area contributed by atoms with Gasteiger partial charge in [-0.3, -0.25) is 0 Å². The summed E-state index contributed by atoms with van der Waals surface area (Å²) in [6, 6.07) is 7.97. The third-order valence-corrected chi connectivity index (χ3v) is 4.16. The van der Waals surface area contributed by atoms with Crippen LogP contribution in [0.3, 0.4) is 0 Å². The number of hydrogen-bond acceptors (Lipinski definition) is 5. The van der Waals surface area contributed by atoms with Gasteiger partial charge in [-0.1, -0.05) is 5.16 Å². The molecule has 1 aromatic carbocycles. The van der Waals surface area contributed by atoms with Crippen LogP contribution in [-0.4, -0.2) is 20.1 Å². The second-order valence-electron chi connectivity index (χ2n) is 5.88. The van der Waals surface area contributed by atoms with Crippen molar-refractivity contribution in [1.29, 1.82) is 0 Å². The third-order valence-electron chi connectivity index (χ3n) is 4.16. The van der Waals surface area contributed by atoms with Gasteiger partial charge < -0.3 is 15.2 Å². The van der Waals surface area contributed by atoms with Crippen molar-refractivity contribution < 1.29 is 4.52 Å². The maximum Gasteiger partial charge on any atom is 0.141 e. The van der Waals surface area contributed by atoms with Gasteiger partial charge in [0.25, 0.3) is 0 Å². The van der Waals surface area contributed by atoms with E-state index in [0.29, 0.717) is 5.82 Å². The molecular formula is C18H17N5O. The van der Waals surface area contributed by atoms with Crippen molar-refractivity contribution in [3.8, 4) is 22.3 Å². The first-order valence-electron chi connectivity index (χ1n) is 7.69. The number of nitrogens with two attached hydrogens (primary N) is 1. The van der Waals surface area contributed by atoms with E-state index in [1.165, 1.54) is 0 Å². The second-order valence-corrected chi connectivity index (χ2v) is 5.88. The molecule has 0 saturated heterocycles. The van der Waals surface area contributed by atoms with E-state index >= 15 is 0 Å². The number of benzene rings is 1. The van der Waals surface area contributed by atoms with Crippen molar-refractivity contribution in [2.45, 2.75) is 20.8 Å². The minimum Gasteiger partial charge on any atom is -0.383 e. The van der Waals surface area contributed by atoms with Gasteiger partial charge >= 0.3 is 0 Å². The first-order valence-corrected chi connectivity index (χ1v) is 7.69. The number of fused-ring (bicyclic) bond motifs is 1. The van der Waals surface area contributed by atoms with E-state index in [2.05, 4.69) is 32.2 Å². The number of nitrogen functional groups attached to an aromatic ring is 1. The minimum atomic E-state index is 0.482. The molecule has 6 heteroatoms. The highest BCUT2D eigenvalue weighted by Crippen LogP contribution is 2.36. The average molecular weight is 319 g/mol. The smallest absolute Gasteiger partial charge is 0.141 e. The Hall–Kier alpha value is -3.15. The van der Waals surface area contributed by atoms with Gasteiger partial charge in [-0.15, -0.1) is 0 Å². The molecule has 3 aromatic heterocycles. The van der Waals surface area contributed by atoms with E-state index in [1.54, 1.807) is 6.20 Å². The van der Waals surface area contributed by atoms with Gasteiger partial charge in [0.05, 0.1) is 16.7 Å². The molecule has 0 bridgehead atoms. The molecule has 120 valence electrons. The topological polar surface area (TPSA) is 93.6 Å². The number of rotatable bonds is 2. The maximum atomic E-state index is 6.10. The van der Waals surface area contributed by atoms with Crippen LogP contribution in [0.2, 0.25) is 0 Å². The monoisotopic (exact) mass is 319 g/mol. The quantitative estimate of drug-likeness (QED) is 0.586. The van der Waals surface area contributed by atoms with Crippen LogP contribution in [0.1, 0.15) is 17.3 Å². The molecule has 0 aliphatic carbocycles. The average Bonchev–Trinajstić information content (AvgIpc) is 3.08. The lowest BCUT2D eigenvalue weighted by Crippen LogP contribution is -1.94. The fraction of sp³-hybridized carbons (Fsp3) is 0.167. The van der Waals surface area contributed by atoms with Crippen LogP contribution >= 0.6 is 0 Å². The Morgan fingerprint density at radius 2 is 1.96 bits per heavy atom. The number of aromatic amines is 1. The molecule has 0 radical (unpaired) electrons. The lowest BCUT2D eigenvalue weighted by Gasteiger charge is -2.09. The molecule has 4 rings (SSSR count). The largest absolute Gasteiger partial charge is 0.383 e. The van der Waals surface area contributed by atoms with Gasteiger partial charge in [-0.25, -0.2) is 9.97 Å². The van der Waals surface area contributed by atoms with Crippen LogP contribution in [0.15, 0.2) is 35.0 Å². The molecule has 24 heavy (non-hydrogen) atoms. The molecule has 0 aliphatic heterocycles. The molecule has 0 amide bonds. The Bertz CT molecular complexity index is 1040. The van der Waals surface area contributed by atoms with Crippen LogP contribution < -0.4 is 5.73 Å². The van der Waals surface area contributed by atoms with E-state index in [0.717, 1.165) is 50.6 Å². The Labute approximate surface area is 138 Å². The summed E-state index contributed by atoms with van der Waals surface area (Å²) in [4.78, 5) is 12.1. The second kappa shape index (κ2) is 5.19. The van der Waals surface area contributed by atoms with Crippen LogP contribution in [0.5, 0.6) is 0 Å². The summed E-state index contributed by atoms with van der Waals surface area (Å²) < 4.78 is 5.32. The highest BCUT2D eigenvalue weighted by atomic mass is 16.5.